The van der Waals surface area contributed by atoms with Gasteiger partial charge in [-0.1, -0.05) is 18.2 Å². The van der Waals surface area contributed by atoms with Gasteiger partial charge in [-0.15, -0.1) is 12.4 Å². The van der Waals surface area contributed by atoms with E-state index in [4.69, 9.17) is 10.5 Å². The molecule has 0 saturated carbocycles. The Morgan fingerprint density at radius 1 is 1.32 bits per heavy atom. The number of aryl methyl sites for hydroxylation is 2. The molecule has 2 rings (SSSR count). The minimum Gasteiger partial charge on any atom is -0.492 e. The maximum absolute atomic E-state index is 5.97. The van der Waals surface area contributed by atoms with Crippen LogP contribution in [0.25, 0.3) is 0 Å². The van der Waals surface area contributed by atoms with Crippen LogP contribution in [-0.4, -0.2) is 37.2 Å². The topological polar surface area (TPSA) is 38.5 Å². The Bertz CT molecular complexity index is 377. The Balaban J connectivity index is 0.00000180. The largest absolute Gasteiger partial charge is 0.492 e. The highest BCUT2D eigenvalue weighted by molar-refractivity contribution is 5.85. The highest BCUT2D eigenvalue weighted by Crippen LogP contribution is 2.22. The zero-order valence-corrected chi connectivity index (χ0v) is 12.7. The lowest BCUT2D eigenvalue weighted by Gasteiger charge is -2.30. The number of para-hydroxylation sites is 1. The average Bonchev–Trinajstić information content (AvgIpc) is 2.33. The molecule has 0 radical (unpaired) electrons. The lowest BCUT2D eigenvalue weighted by Crippen LogP contribution is -2.44. The molecule has 19 heavy (non-hydrogen) atoms. The molecule has 1 unspecified atom stereocenters. The average molecular weight is 285 g/mol. The fraction of sp³-hybridized carbons (Fsp3) is 0.600. The van der Waals surface area contributed by atoms with Crippen LogP contribution >= 0.6 is 12.4 Å². The Morgan fingerprint density at radius 3 is 2.63 bits per heavy atom. The molecule has 4 heteroatoms. The van der Waals surface area contributed by atoms with E-state index in [1.54, 1.807) is 0 Å². The van der Waals surface area contributed by atoms with Crippen molar-refractivity contribution in [3.63, 3.8) is 0 Å². The van der Waals surface area contributed by atoms with Gasteiger partial charge in [0.15, 0.2) is 0 Å². The van der Waals surface area contributed by atoms with E-state index in [2.05, 4.69) is 36.9 Å². The number of benzene rings is 1. The van der Waals surface area contributed by atoms with Crippen LogP contribution in [0.4, 0.5) is 0 Å². The number of ether oxygens (including phenoxy) is 1. The molecule has 108 valence electrons. The summed E-state index contributed by atoms with van der Waals surface area (Å²) in [5.74, 6) is 1.04. The molecule has 1 aromatic carbocycles. The molecule has 0 amide bonds. The highest BCUT2D eigenvalue weighted by Gasteiger charge is 2.16. The molecule has 0 aliphatic carbocycles. The van der Waals surface area contributed by atoms with Gasteiger partial charge >= 0.3 is 0 Å². The Hall–Kier alpha value is -0.770. The van der Waals surface area contributed by atoms with Gasteiger partial charge in [0.25, 0.3) is 0 Å². The van der Waals surface area contributed by atoms with Crippen molar-refractivity contribution >= 4 is 12.4 Å². The maximum atomic E-state index is 5.97. The Morgan fingerprint density at radius 2 is 2.00 bits per heavy atom. The molecule has 0 aromatic heterocycles. The first-order valence-electron chi connectivity index (χ1n) is 6.84. The van der Waals surface area contributed by atoms with E-state index in [9.17, 15) is 0 Å². The lowest BCUT2D eigenvalue weighted by molar-refractivity contribution is 0.170. The van der Waals surface area contributed by atoms with Gasteiger partial charge in [-0.2, -0.15) is 0 Å². The van der Waals surface area contributed by atoms with E-state index in [1.807, 2.05) is 0 Å². The minimum absolute atomic E-state index is 0. The van der Waals surface area contributed by atoms with Crippen LogP contribution in [0.3, 0.4) is 0 Å². The summed E-state index contributed by atoms with van der Waals surface area (Å²) < 4.78 is 5.92. The van der Waals surface area contributed by atoms with Crippen LogP contribution < -0.4 is 10.5 Å². The van der Waals surface area contributed by atoms with E-state index < -0.39 is 0 Å². The van der Waals surface area contributed by atoms with Crippen LogP contribution in [0.2, 0.25) is 0 Å². The van der Waals surface area contributed by atoms with Gasteiger partial charge in [0.1, 0.15) is 12.4 Å². The van der Waals surface area contributed by atoms with Gasteiger partial charge in [0.05, 0.1) is 0 Å². The van der Waals surface area contributed by atoms with E-state index in [1.165, 1.54) is 17.5 Å². The van der Waals surface area contributed by atoms with Gasteiger partial charge in [0, 0.05) is 19.1 Å². The van der Waals surface area contributed by atoms with E-state index in [0.29, 0.717) is 6.04 Å². The maximum Gasteiger partial charge on any atom is 0.125 e. The molecule has 1 heterocycles. The molecule has 1 aliphatic heterocycles. The summed E-state index contributed by atoms with van der Waals surface area (Å²) in [6.45, 7) is 8.08. The van der Waals surface area contributed by atoms with Crippen LogP contribution in [-0.2, 0) is 0 Å². The van der Waals surface area contributed by atoms with Crippen molar-refractivity contribution in [3.8, 4) is 5.75 Å². The summed E-state index contributed by atoms with van der Waals surface area (Å²) in [7, 11) is 0. The molecule has 1 aliphatic rings. The summed E-state index contributed by atoms with van der Waals surface area (Å²) in [5, 5.41) is 0. The number of piperidine rings is 1. The van der Waals surface area contributed by atoms with Gasteiger partial charge in [0.2, 0.25) is 0 Å². The van der Waals surface area contributed by atoms with E-state index in [-0.39, 0.29) is 12.4 Å². The monoisotopic (exact) mass is 284 g/mol. The van der Waals surface area contributed by atoms with Crippen LogP contribution in [0.5, 0.6) is 5.75 Å². The summed E-state index contributed by atoms with van der Waals surface area (Å²) in [5.41, 5.74) is 8.40. The molecule has 1 aromatic rings. The Kier molecular flexibility index (Phi) is 6.63. The van der Waals surface area contributed by atoms with E-state index >= 15 is 0 Å². The molecular formula is C15H25ClN2O. The molecule has 0 spiro atoms. The molecule has 1 atom stereocenters. The van der Waals surface area contributed by atoms with Gasteiger partial charge < -0.3 is 10.5 Å². The normalized spacial score (nSPS) is 19.8. The molecule has 3 nitrogen and oxygen atoms in total. The highest BCUT2D eigenvalue weighted by atomic mass is 35.5. The third kappa shape index (κ3) is 4.68. The smallest absolute Gasteiger partial charge is 0.125 e. The summed E-state index contributed by atoms with van der Waals surface area (Å²) in [4.78, 5) is 2.40. The van der Waals surface area contributed by atoms with Crippen molar-refractivity contribution in [2.45, 2.75) is 32.7 Å². The molecule has 1 fully saturated rings. The number of rotatable bonds is 4. The first-order valence-corrected chi connectivity index (χ1v) is 6.84. The van der Waals surface area contributed by atoms with Crippen molar-refractivity contribution < 1.29 is 4.74 Å². The number of halogens is 1. The summed E-state index contributed by atoms with van der Waals surface area (Å²) in [6, 6.07) is 6.61. The van der Waals surface area contributed by atoms with Crippen LogP contribution in [0.15, 0.2) is 18.2 Å². The van der Waals surface area contributed by atoms with Crippen LogP contribution in [0, 0.1) is 13.8 Å². The zero-order chi connectivity index (χ0) is 13.0. The van der Waals surface area contributed by atoms with Crippen molar-refractivity contribution in [1.29, 1.82) is 0 Å². The molecule has 0 bridgehead atoms. The van der Waals surface area contributed by atoms with Crippen LogP contribution in [0.1, 0.15) is 24.0 Å². The van der Waals surface area contributed by atoms with Gasteiger partial charge in [-0.3, -0.25) is 4.90 Å². The fourth-order valence-electron chi connectivity index (χ4n) is 2.60. The zero-order valence-electron chi connectivity index (χ0n) is 11.9. The van der Waals surface area contributed by atoms with Gasteiger partial charge in [-0.25, -0.2) is 0 Å². The second-order valence-corrected chi connectivity index (χ2v) is 5.27. The SMILES string of the molecule is Cc1cccc(C)c1OCCN1CCCC(N)C1.Cl. The third-order valence-corrected chi connectivity index (χ3v) is 3.60. The molecule has 2 N–H and O–H groups in total. The van der Waals surface area contributed by atoms with Crippen molar-refractivity contribution in [3.05, 3.63) is 29.3 Å². The standard InChI is InChI=1S/C15H24N2O.ClH/c1-12-5-3-6-13(2)15(12)18-10-9-17-8-4-7-14(16)11-17;/h3,5-6,14H,4,7-11,16H2,1-2H3;1H. The van der Waals surface area contributed by atoms with Crippen molar-refractivity contribution in [1.82, 2.24) is 4.90 Å². The number of nitrogens with zero attached hydrogens (tertiary/aromatic N) is 1. The third-order valence-electron chi connectivity index (χ3n) is 3.60. The quantitative estimate of drug-likeness (QED) is 0.923. The predicted octanol–water partition coefficient (Wildman–Crippen LogP) is 2.53. The summed E-state index contributed by atoms with van der Waals surface area (Å²) >= 11 is 0. The molecular weight excluding hydrogens is 260 g/mol. The number of hydrogen-bond acceptors (Lipinski definition) is 3. The van der Waals surface area contributed by atoms with Crippen molar-refractivity contribution in [2.75, 3.05) is 26.2 Å². The Labute approximate surface area is 122 Å². The minimum atomic E-state index is 0. The van der Waals surface area contributed by atoms with E-state index in [0.717, 1.165) is 38.4 Å². The number of hydrogen-bond donors (Lipinski definition) is 1. The second-order valence-electron chi connectivity index (χ2n) is 5.27. The van der Waals surface area contributed by atoms with Crippen molar-refractivity contribution in [2.24, 2.45) is 5.73 Å². The lowest BCUT2D eigenvalue weighted by atomic mass is 10.1. The van der Waals surface area contributed by atoms with Gasteiger partial charge in [-0.05, 0) is 44.4 Å². The molecule has 1 saturated heterocycles. The number of nitrogens with two attached hydrogens (primary N) is 1. The fourth-order valence-corrected chi connectivity index (χ4v) is 2.60. The second kappa shape index (κ2) is 7.73. The summed E-state index contributed by atoms with van der Waals surface area (Å²) in [6.07, 6.45) is 2.37. The first kappa shape index (κ1) is 16.3. The number of likely N-dealkylation sites (tertiary alicyclic amines) is 1. The first-order chi connectivity index (χ1) is 8.66. The predicted molar refractivity (Wildman–Crippen MR) is 82.3 cm³/mol.